The lowest BCUT2D eigenvalue weighted by Crippen LogP contribution is -2.44. The number of hydrogen-bond acceptors (Lipinski definition) is 4. The average Bonchev–Trinajstić information content (AvgIpc) is 2.35. The molecule has 1 aromatic rings. The molecular weight excluding hydrogens is 282 g/mol. The Morgan fingerprint density at radius 3 is 2.60 bits per heavy atom. The largest absolute Gasteiger partial charge is 0.481 e. The summed E-state index contributed by atoms with van der Waals surface area (Å²) in [5, 5.41) is 9.14. The van der Waals surface area contributed by atoms with Gasteiger partial charge in [0.15, 0.2) is 9.84 Å². The number of rotatable bonds is 3. The summed E-state index contributed by atoms with van der Waals surface area (Å²) in [4.78, 5) is 24.5. The van der Waals surface area contributed by atoms with Gasteiger partial charge in [0.1, 0.15) is 5.75 Å². The molecule has 0 saturated carbocycles. The van der Waals surface area contributed by atoms with E-state index in [-0.39, 0.29) is 6.54 Å². The Hall–Kier alpha value is -1.89. The van der Waals surface area contributed by atoms with Crippen LogP contribution in [0.15, 0.2) is 24.3 Å². The number of anilines is 1. The van der Waals surface area contributed by atoms with Gasteiger partial charge in [-0.05, 0) is 18.1 Å². The van der Waals surface area contributed by atoms with E-state index in [1.165, 1.54) is 4.90 Å². The molecule has 1 heterocycles. The van der Waals surface area contributed by atoms with Gasteiger partial charge in [-0.1, -0.05) is 18.2 Å². The predicted molar refractivity (Wildman–Crippen MR) is 73.3 cm³/mol. The number of carbonyl (C=O) groups excluding carboxylic acids is 1. The minimum absolute atomic E-state index is 0.000694. The lowest BCUT2D eigenvalue weighted by atomic mass is 9.92. The highest BCUT2D eigenvalue weighted by Gasteiger charge is 2.32. The molecule has 1 unspecified atom stereocenters. The Bertz CT molecular complexity index is 652. The Kier molecular flexibility index (Phi) is 3.80. The maximum atomic E-state index is 12.1. The van der Waals surface area contributed by atoms with Gasteiger partial charge >= 0.3 is 5.97 Å². The van der Waals surface area contributed by atoms with E-state index in [2.05, 4.69) is 0 Å². The van der Waals surface area contributed by atoms with Crippen molar-refractivity contribution >= 4 is 27.4 Å². The summed E-state index contributed by atoms with van der Waals surface area (Å²) in [5.74, 6) is -2.91. The summed E-state index contributed by atoms with van der Waals surface area (Å²) in [6.07, 6.45) is 1.32. The average molecular weight is 297 g/mol. The van der Waals surface area contributed by atoms with Crippen molar-refractivity contribution in [2.75, 3.05) is 23.5 Å². The van der Waals surface area contributed by atoms with Crippen molar-refractivity contribution in [3.63, 3.8) is 0 Å². The van der Waals surface area contributed by atoms with Crippen LogP contribution in [0.2, 0.25) is 0 Å². The van der Waals surface area contributed by atoms with Crippen LogP contribution in [0.5, 0.6) is 0 Å². The zero-order chi connectivity index (χ0) is 14.9. The topological polar surface area (TPSA) is 91.8 Å². The van der Waals surface area contributed by atoms with Gasteiger partial charge in [-0.3, -0.25) is 9.59 Å². The third-order valence-corrected chi connectivity index (χ3v) is 3.96. The SMILES string of the molecule is CS(=O)(=O)CC(=O)N1CC(C(=O)O)Cc2ccccc21. The molecule has 0 radical (unpaired) electrons. The molecule has 20 heavy (non-hydrogen) atoms. The van der Waals surface area contributed by atoms with Gasteiger partial charge < -0.3 is 10.0 Å². The number of carboxylic acid groups (broad SMARTS) is 1. The molecule has 1 aliphatic rings. The first kappa shape index (κ1) is 14.5. The summed E-state index contributed by atoms with van der Waals surface area (Å²) < 4.78 is 22.5. The van der Waals surface area contributed by atoms with Crippen molar-refractivity contribution in [3.05, 3.63) is 29.8 Å². The van der Waals surface area contributed by atoms with Crippen molar-refractivity contribution in [1.29, 1.82) is 0 Å². The van der Waals surface area contributed by atoms with Crippen molar-refractivity contribution in [1.82, 2.24) is 0 Å². The zero-order valence-corrected chi connectivity index (χ0v) is 11.8. The van der Waals surface area contributed by atoms with Gasteiger partial charge in [0.2, 0.25) is 5.91 Å². The van der Waals surface area contributed by atoms with Gasteiger partial charge in [-0.15, -0.1) is 0 Å². The van der Waals surface area contributed by atoms with E-state index in [1.54, 1.807) is 24.3 Å². The molecule has 1 amide bonds. The van der Waals surface area contributed by atoms with E-state index >= 15 is 0 Å². The third kappa shape index (κ3) is 3.16. The lowest BCUT2D eigenvalue weighted by Gasteiger charge is -2.32. The van der Waals surface area contributed by atoms with Crippen LogP contribution in [0.3, 0.4) is 0 Å². The first-order chi connectivity index (χ1) is 9.28. The van der Waals surface area contributed by atoms with Crippen molar-refractivity contribution < 1.29 is 23.1 Å². The zero-order valence-electron chi connectivity index (χ0n) is 10.9. The fraction of sp³-hybridized carbons (Fsp3) is 0.385. The molecule has 0 saturated heterocycles. The summed E-state index contributed by atoms with van der Waals surface area (Å²) in [6, 6.07) is 6.96. The normalized spacial score (nSPS) is 18.4. The second-order valence-electron chi connectivity index (χ2n) is 4.94. The number of sulfone groups is 1. The molecule has 1 N–H and O–H groups in total. The van der Waals surface area contributed by atoms with Gasteiger partial charge in [0, 0.05) is 18.5 Å². The Morgan fingerprint density at radius 2 is 2.00 bits per heavy atom. The van der Waals surface area contributed by atoms with Crippen LogP contribution >= 0.6 is 0 Å². The molecule has 0 aromatic heterocycles. The summed E-state index contributed by atoms with van der Waals surface area (Å²) in [5.41, 5.74) is 1.34. The molecule has 0 fully saturated rings. The first-order valence-electron chi connectivity index (χ1n) is 6.07. The van der Waals surface area contributed by atoms with Crippen LogP contribution in [0.1, 0.15) is 5.56 Å². The van der Waals surface area contributed by atoms with Gasteiger partial charge in [0.05, 0.1) is 5.92 Å². The highest BCUT2D eigenvalue weighted by Crippen LogP contribution is 2.29. The van der Waals surface area contributed by atoms with Gasteiger partial charge in [-0.25, -0.2) is 8.42 Å². The quantitative estimate of drug-likeness (QED) is 0.867. The highest BCUT2D eigenvalue weighted by atomic mass is 32.2. The van der Waals surface area contributed by atoms with E-state index in [4.69, 9.17) is 5.11 Å². The Morgan fingerprint density at radius 1 is 1.35 bits per heavy atom. The number of amides is 1. The minimum atomic E-state index is -3.45. The molecule has 1 aromatic carbocycles. The molecule has 108 valence electrons. The molecule has 1 atom stereocenters. The molecule has 2 rings (SSSR count). The van der Waals surface area contributed by atoms with E-state index in [0.717, 1.165) is 11.8 Å². The number of nitrogens with zero attached hydrogens (tertiary/aromatic N) is 1. The van der Waals surface area contributed by atoms with E-state index in [0.29, 0.717) is 12.1 Å². The molecule has 0 spiro atoms. The van der Waals surface area contributed by atoms with Crippen molar-refractivity contribution in [3.8, 4) is 0 Å². The smallest absolute Gasteiger partial charge is 0.308 e. The molecule has 7 heteroatoms. The lowest BCUT2D eigenvalue weighted by molar-refractivity contribution is -0.141. The predicted octanol–water partition coefficient (Wildman–Crippen LogP) is 0.321. The number of para-hydroxylation sites is 1. The first-order valence-corrected chi connectivity index (χ1v) is 8.13. The van der Waals surface area contributed by atoms with Crippen LogP contribution in [-0.2, 0) is 25.8 Å². The number of carboxylic acids is 1. The monoisotopic (exact) mass is 297 g/mol. The van der Waals surface area contributed by atoms with Crippen LogP contribution in [-0.4, -0.2) is 44.0 Å². The minimum Gasteiger partial charge on any atom is -0.481 e. The molecule has 0 bridgehead atoms. The molecular formula is C13H15NO5S. The summed E-state index contributed by atoms with van der Waals surface area (Å²) in [7, 11) is -3.45. The van der Waals surface area contributed by atoms with Crippen LogP contribution < -0.4 is 4.90 Å². The second kappa shape index (κ2) is 5.24. The number of carbonyl (C=O) groups is 2. The maximum absolute atomic E-state index is 12.1. The van der Waals surface area contributed by atoms with Crippen LogP contribution in [0.4, 0.5) is 5.69 Å². The van der Waals surface area contributed by atoms with E-state index in [1.807, 2.05) is 0 Å². The van der Waals surface area contributed by atoms with Crippen molar-refractivity contribution in [2.45, 2.75) is 6.42 Å². The van der Waals surface area contributed by atoms with Crippen LogP contribution in [0, 0.1) is 5.92 Å². The Balaban J connectivity index is 2.36. The number of aliphatic carboxylic acids is 1. The molecule has 1 aliphatic heterocycles. The van der Waals surface area contributed by atoms with E-state index in [9.17, 15) is 18.0 Å². The summed E-state index contributed by atoms with van der Waals surface area (Å²) in [6.45, 7) is 0.000694. The Labute approximate surface area is 116 Å². The van der Waals surface area contributed by atoms with Crippen molar-refractivity contribution in [2.24, 2.45) is 5.92 Å². The molecule has 6 nitrogen and oxygen atoms in total. The second-order valence-corrected chi connectivity index (χ2v) is 7.08. The van der Waals surface area contributed by atoms with Gasteiger partial charge in [0.25, 0.3) is 0 Å². The standard InChI is InChI=1S/C13H15NO5S/c1-20(18,19)8-12(15)14-7-10(13(16)17)6-9-4-2-3-5-11(9)14/h2-5,10H,6-8H2,1H3,(H,16,17). The number of benzene rings is 1. The highest BCUT2D eigenvalue weighted by molar-refractivity contribution is 7.91. The number of fused-ring (bicyclic) bond motifs is 1. The maximum Gasteiger partial charge on any atom is 0.308 e. The summed E-state index contributed by atoms with van der Waals surface area (Å²) >= 11 is 0. The van der Waals surface area contributed by atoms with E-state index < -0.39 is 33.4 Å². The number of hydrogen-bond donors (Lipinski definition) is 1. The van der Waals surface area contributed by atoms with Gasteiger partial charge in [-0.2, -0.15) is 0 Å². The molecule has 0 aliphatic carbocycles. The third-order valence-electron chi connectivity index (χ3n) is 3.19. The van der Waals surface area contributed by atoms with Crippen LogP contribution in [0.25, 0.3) is 0 Å². The fourth-order valence-electron chi connectivity index (χ4n) is 2.30. The fourth-order valence-corrected chi connectivity index (χ4v) is 2.90.